The smallest absolute Gasteiger partial charge is 0.254 e. The number of hydrogen-bond donors (Lipinski definition) is 0. The zero-order chi connectivity index (χ0) is 20.8. The van der Waals surface area contributed by atoms with E-state index in [1.807, 2.05) is 54.8 Å². The molecule has 6 heteroatoms. The van der Waals surface area contributed by atoms with Crippen LogP contribution in [0.15, 0.2) is 48.5 Å². The molecule has 0 N–H and O–H groups in total. The monoisotopic (exact) mass is 396 g/mol. The molecule has 1 saturated heterocycles. The third kappa shape index (κ3) is 4.88. The molecule has 1 aliphatic rings. The summed E-state index contributed by atoms with van der Waals surface area (Å²) >= 11 is 0. The number of hydrogen-bond acceptors (Lipinski definition) is 4. The number of benzene rings is 2. The molecule has 6 nitrogen and oxygen atoms in total. The Morgan fingerprint density at radius 3 is 1.76 bits per heavy atom. The van der Waals surface area contributed by atoms with Gasteiger partial charge in [0, 0.05) is 36.8 Å². The van der Waals surface area contributed by atoms with Crippen molar-refractivity contribution < 1.29 is 19.1 Å². The molecule has 0 radical (unpaired) electrons. The first-order valence-electron chi connectivity index (χ1n) is 10.1. The quantitative estimate of drug-likeness (QED) is 0.750. The van der Waals surface area contributed by atoms with Crippen LogP contribution in [-0.4, -0.2) is 60.5 Å². The third-order valence-electron chi connectivity index (χ3n) is 5.00. The minimum atomic E-state index is -0.0607. The van der Waals surface area contributed by atoms with Gasteiger partial charge in [-0.2, -0.15) is 0 Å². The number of amides is 2. The fraction of sp³-hybridized carbons (Fsp3) is 0.391. The third-order valence-corrected chi connectivity index (χ3v) is 5.00. The van der Waals surface area contributed by atoms with E-state index in [-0.39, 0.29) is 17.9 Å². The molecule has 0 aromatic heterocycles. The minimum absolute atomic E-state index is 0.0197. The lowest BCUT2D eigenvalue weighted by atomic mass is 10.1. The van der Waals surface area contributed by atoms with Gasteiger partial charge in [-0.1, -0.05) is 0 Å². The SMILES string of the molecule is CCOc1ccc(C(=O)N2CCN(C(=O)c3ccc(OCC)cc3)[C@@H](C)C2)cc1. The molecule has 1 aliphatic heterocycles. The van der Waals surface area contributed by atoms with Crippen molar-refractivity contribution in [3.63, 3.8) is 0 Å². The molecule has 3 rings (SSSR count). The molecule has 2 aromatic carbocycles. The molecule has 2 aromatic rings. The van der Waals surface area contributed by atoms with Crippen LogP contribution in [0.2, 0.25) is 0 Å². The number of rotatable bonds is 6. The fourth-order valence-corrected chi connectivity index (χ4v) is 3.51. The highest BCUT2D eigenvalue weighted by molar-refractivity contribution is 5.96. The summed E-state index contributed by atoms with van der Waals surface area (Å²) in [6.45, 7) is 8.54. The molecule has 154 valence electrons. The van der Waals surface area contributed by atoms with Gasteiger partial charge in [-0.25, -0.2) is 0 Å². The predicted molar refractivity (Wildman–Crippen MR) is 112 cm³/mol. The van der Waals surface area contributed by atoms with Crippen LogP contribution in [-0.2, 0) is 0 Å². The predicted octanol–water partition coefficient (Wildman–Crippen LogP) is 3.47. The summed E-state index contributed by atoms with van der Waals surface area (Å²) < 4.78 is 10.9. The van der Waals surface area contributed by atoms with Crippen LogP contribution in [0.3, 0.4) is 0 Å². The number of ether oxygens (including phenoxy) is 2. The first-order chi connectivity index (χ1) is 14.0. The molecule has 1 fully saturated rings. The van der Waals surface area contributed by atoms with Gasteiger partial charge in [-0.3, -0.25) is 9.59 Å². The largest absolute Gasteiger partial charge is 0.494 e. The van der Waals surface area contributed by atoms with E-state index in [1.165, 1.54) is 0 Å². The van der Waals surface area contributed by atoms with Crippen molar-refractivity contribution in [2.45, 2.75) is 26.8 Å². The summed E-state index contributed by atoms with van der Waals surface area (Å²) in [7, 11) is 0. The van der Waals surface area contributed by atoms with Crippen LogP contribution in [0.4, 0.5) is 0 Å². The van der Waals surface area contributed by atoms with E-state index in [4.69, 9.17) is 9.47 Å². The van der Waals surface area contributed by atoms with Crippen LogP contribution >= 0.6 is 0 Å². The molecule has 1 atom stereocenters. The van der Waals surface area contributed by atoms with Gasteiger partial charge in [-0.05, 0) is 69.3 Å². The number of nitrogens with zero attached hydrogens (tertiary/aromatic N) is 2. The highest BCUT2D eigenvalue weighted by Crippen LogP contribution is 2.19. The minimum Gasteiger partial charge on any atom is -0.494 e. The fourth-order valence-electron chi connectivity index (χ4n) is 3.51. The normalized spacial score (nSPS) is 16.4. The van der Waals surface area contributed by atoms with Crippen molar-refractivity contribution in [2.24, 2.45) is 0 Å². The van der Waals surface area contributed by atoms with Crippen molar-refractivity contribution in [3.05, 3.63) is 59.7 Å². The van der Waals surface area contributed by atoms with Gasteiger partial charge < -0.3 is 19.3 Å². The van der Waals surface area contributed by atoms with E-state index in [2.05, 4.69) is 0 Å². The van der Waals surface area contributed by atoms with Crippen LogP contribution in [0.5, 0.6) is 11.5 Å². The summed E-state index contributed by atoms with van der Waals surface area (Å²) in [4.78, 5) is 29.4. The van der Waals surface area contributed by atoms with E-state index in [9.17, 15) is 9.59 Å². The van der Waals surface area contributed by atoms with Crippen molar-refractivity contribution in [3.8, 4) is 11.5 Å². The second-order valence-electron chi connectivity index (χ2n) is 7.01. The summed E-state index contributed by atoms with van der Waals surface area (Å²) in [5, 5.41) is 0. The summed E-state index contributed by atoms with van der Waals surface area (Å²) in [6.07, 6.45) is 0. The average molecular weight is 396 g/mol. The Morgan fingerprint density at radius 1 is 0.828 bits per heavy atom. The molecular formula is C23H28N2O4. The molecule has 0 aliphatic carbocycles. The van der Waals surface area contributed by atoms with Gasteiger partial charge in [0.25, 0.3) is 11.8 Å². The maximum atomic E-state index is 12.9. The molecule has 0 spiro atoms. The molecule has 0 bridgehead atoms. The second kappa shape index (κ2) is 9.45. The number of carbonyl (C=O) groups is 2. The first kappa shape index (κ1) is 20.7. The summed E-state index contributed by atoms with van der Waals surface area (Å²) in [5.74, 6) is 1.47. The van der Waals surface area contributed by atoms with Crippen LogP contribution in [0.25, 0.3) is 0 Å². The van der Waals surface area contributed by atoms with E-state index in [0.717, 1.165) is 11.5 Å². The van der Waals surface area contributed by atoms with Crippen molar-refractivity contribution >= 4 is 11.8 Å². The number of carbonyl (C=O) groups excluding carboxylic acids is 2. The summed E-state index contributed by atoms with van der Waals surface area (Å²) in [5.41, 5.74) is 1.26. The van der Waals surface area contributed by atoms with Crippen LogP contribution < -0.4 is 9.47 Å². The van der Waals surface area contributed by atoms with Crippen molar-refractivity contribution in [1.82, 2.24) is 9.80 Å². The molecule has 29 heavy (non-hydrogen) atoms. The van der Waals surface area contributed by atoms with Crippen LogP contribution in [0, 0.1) is 0 Å². The van der Waals surface area contributed by atoms with Gasteiger partial charge in [0.05, 0.1) is 13.2 Å². The van der Waals surface area contributed by atoms with Gasteiger partial charge in [0.2, 0.25) is 0 Å². The Hall–Kier alpha value is -3.02. The first-order valence-corrected chi connectivity index (χ1v) is 10.1. The Kier molecular flexibility index (Phi) is 6.75. The zero-order valence-electron chi connectivity index (χ0n) is 17.3. The highest BCUT2D eigenvalue weighted by Gasteiger charge is 2.30. The molecule has 2 amide bonds. The Labute approximate surface area is 172 Å². The van der Waals surface area contributed by atoms with Gasteiger partial charge >= 0.3 is 0 Å². The van der Waals surface area contributed by atoms with Crippen molar-refractivity contribution in [1.29, 1.82) is 0 Å². The Morgan fingerprint density at radius 2 is 1.31 bits per heavy atom. The second-order valence-corrected chi connectivity index (χ2v) is 7.01. The maximum absolute atomic E-state index is 12.9. The zero-order valence-corrected chi connectivity index (χ0v) is 17.3. The van der Waals surface area contributed by atoms with Gasteiger partial charge in [0.15, 0.2) is 0 Å². The maximum Gasteiger partial charge on any atom is 0.254 e. The Bertz CT molecular complexity index is 833. The lowest BCUT2D eigenvalue weighted by Crippen LogP contribution is -2.55. The molecule has 0 unspecified atom stereocenters. The Balaban J connectivity index is 1.62. The standard InChI is InChI=1S/C23H28N2O4/c1-4-28-20-10-6-18(7-11-20)22(26)24-14-15-25(17(3)16-24)23(27)19-8-12-21(13-9-19)29-5-2/h6-13,17H,4-5,14-16H2,1-3H3/t17-/m0/s1. The van der Waals surface area contributed by atoms with E-state index in [0.29, 0.717) is 44.0 Å². The summed E-state index contributed by atoms with van der Waals surface area (Å²) in [6, 6.07) is 14.3. The number of piperazine rings is 1. The van der Waals surface area contributed by atoms with E-state index < -0.39 is 0 Å². The average Bonchev–Trinajstić information content (AvgIpc) is 2.74. The van der Waals surface area contributed by atoms with Gasteiger partial charge in [-0.15, -0.1) is 0 Å². The molecule has 0 saturated carbocycles. The van der Waals surface area contributed by atoms with E-state index >= 15 is 0 Å². The lowest BCUT2D eigenvalue weighted by Gasteiger charge is -2.40. The van der Waals surface area contributed by atoms with Crippen LogP contribution in [0.1, 0.15) is 41.5 Å². The topological polar surface area (TPSA) is 59.1 Å². The lowest BCUT2D eigenvalue weighted by molar-refractivity contribution is 0.0414. The van der Waals surface area contributed by atoms with Crippen molar-refractivity contribution in [2.75, 3.05) is 32.8 Å². The van der Waals surface area contributed by atoms with Gasteiger partial charge in [0.1, 0.15) is 11.5 Å². The molecule has 1 heterocycles. The molecular weight excluding hydrogens is 368 g/mol. The highest BCUT2D eigenvalue weighted by atomic mass is 16.5. The van der Waals surface area contributed by atoms with E-state index in [1.54, 1.807) is 24.3 Å².